The fourth-order valence-corrected chi connectivity index (χ4v) is 1.02. The zero-order chi connectivity index (χ0) is 9.68. The number of anilines is 1. The van der Waals surface area contributed by atoms with E-state index in [0.29, 0.717) is 5.82 Å². The summed E-state index contributed by atoms with van der Waals surface area (Å²) < 4.78 is 0. The second kappa shape index (κ2) is 4.61. The largest absolute Gasteiger partial charge is 0.322 e. The molecule has 72 valence electrons. The van der Waals surface area contributed by atoms with Crippen molar-refractivity contribution in [2.24, 2.45) is 5.73 Å². The van der Waals surface area contributed by atoms with E-state index in [1.165, 1.54) is 0 Å². The maximum atomic E-state index is 10.9. The number of aryl methyl sites for hydroxylation is 1. The summed E-state index contributed by atoms with van der Waals surface area (Å²) in [6, 6.07) is 1.82. The van der Waals surface area contributed by atoms with E-state index in [1.54, 1.807) is 0 Å². The first-order chi connectivity index (χ1) is 6.26. The molecule has 0 atom stereocenters. The molecule has 0 spiro atoms. The number of amides is 1. The molecule has 0 radical (unpaired) electrons. The Labute approximate surface area is 76.7 Å². The summed E-state index contributed by atoms with van der Waals surface area (Å²) in [5, 5.41) is 9.30. The van der Waals surface area contributed by atoms with Gasteiger partial charge in [-0.3, -0.25) is 9.89 Å². The van der Waals surface area contributed by atoms with Crippen LogP contribution in [0.5, 0.6) is 0 Å². The minimum Gasteiger partial charge on any atom is -0.322 e. The molecule has 0 aromatic carbocycles. The van der Waals surface area contributed by atoms with Gasteiger partial charge < -0.3 is 11.1 Å². The third kappa shape index (κ3) is 2.87. The van der Waals surface area contributed by atoms with Gasteiger partial charge in [0.05, 0.1) is 6.54 Å². The number of aromatic nitrogens is 2. The maximum absolute atomic E-state index is 10.9. The summed E-state index contributed by atoms with van der Waals surface area (Å²) in [7, 11) is 0. The smallest absolute Gasteiger partial charge is 0.239 e. The molecule has 5 nitrogen and oxygen atoms in total. The highest BCUT2D eigenvalue weighted by Crippen LogP contribution is 2.06. The average Bonchev–Trinajstić information content (AvgIpc) is 2.53. The van der Waals surface area contributed by atoms with Gasteiger partial charge in [0, 0.05) is 11.8 Å². The minimum atomic E-state index is -0.227. The van der Waals surface area contributed by atoms with Crippen LogP contribution in [0.2, 0.25) is 0 Å². The van der Waals surface area contributed by atoms with E-state index >= 15 is 0 Å². The van der Waals surface area contributed by atoms with Crippen LogP contribution in [0.4, 0.5) is 5.82 Å². The molecule has 1 aromatic rings. The highest BCUT2D eigenvalue weighted by Gasteiger charge is 2.02. The topological polar surface area (TPSA) is 83.8 Å². The zero-order valence-electron chi connectivity index (χ0n) is 7.63. The van der Waals surface area contributed by atoms with Gasteiger partial charge in [0.1, 0.15) is 0 Å². The second-order valence-electron chi connectivity index (χ2n) is 2.78. The molecular formula is C8H14N4O. The van der Waals surface area contributed by atoms with Crippen molar-refractivity contribution in [1.29, 1.82) is 0 Å². The number of carbonyl (C=O) groups excluding carboxylic acids is 1. The lowest BCUT2D eigenvalue weighted by atomic mass is 10.2. The standard InChI is InChI=1S/C8H14N4O/c1-2-3-6-4-7(12-11-6)10-8(13)5-9/h4H,2-3,5,9H2,1H3,(H2,10,11,12,13). The third-order valence-corrected chi connectivity index (χ3v) is 1.60. The van der Waals surface area contributed by atoms with E-state index < -0.39 is 0 Å². The van der Waals surface area contributed by atoms with Crippen LogP contribution in [0.3, 0.4) is 0 Å². The molecule has 0 saturated carbocycles. The molecule has 1 rings (SSSR count). The minimum absolute atomic E-state index is 0.0179. The normalized spacial score (nSPS) is 10.0. The molecule has 1 heterocycles. The lowest BCUT2D eigenvalue weighted by molar-refractivity contribution is -0.114. The number of nitrogens with zero attached hydrogens (tertiary/aromatic N) is 1. The van der Waals surface area contributed by atoms with Crippen LogP contribution >= 0.6 is 0 Å². The quantitative estimate of drug-likeness (QED) is 0.624. The predicted molar refractivity (Wildman–Crippen MR) is 50.3 cm³/mol. The average molecular weight is 182 g/mol. The molecule has 0 aliphatic rings. The summed E-state index contributed by atoms with van der Waals surface area (Å²) in [5.74, 6) is 0.313. The third-order valence-electron chi connectivity index (χ3n) is 1.60. The van der Waals surface area contributed by atoms with Crippen molar-refractivity contribution in [3.8, 4) is 0 Å². The summed E-state index contributed by atoms with van der Waals surface area (Å²) >= 11 is 0. The predicted octanol–water partition coefficient (Wildman–Crippen LogP) is 0.259. The van der Waals surface area contributed by atoms with E-state index in [0.717, 1.165) is 18.5 Å². The van der Waals surface area contributed by atoms with Crippen molar-refractivity contribution in [3.63, 3.8) is 0 Å². The summed E-state index contributed by atoms with van der Waals surface area (Å²) in [6.07, 6.45) is 1.98. The molecular weight excluding hydrogens is 168 g/mol. The van der Waals surface area contributed by atoms with Crippen molar-refractivity contribution in [2.45, 2.75) is 19.8 Å². The van der Waals surface area contributed by atoms with Gasteiger partial charge in [-0.2, -0.15) is 5.10 Å². The van der Waals surface area contributed by atoms with Gasteiger partial charge in [-0.25, -0.2) is 0 Å². The molecule has 0 aliphatic heterocycles. The molecule has 4 N–H and O–H groups in total. The van der Waals surface area contributed by atoms with Crippen LogP contribution in [-0.2, 0) is 11.2 Å². The molecule has 1 aromatic heterocycles. The van der Waals surface area contributed by atoms with Gasteiger partial charge in [-0.05, 0) is 6.42 Å². The first-order valence-corrected chi connectivity index (χ1v) is 4.30. The Morgan fingerprint density at radius 3 is 3.15 bits per heavy atom. The van der Waals surface area contributed by atoms with E-state index in [-0.39, 0.29) is 12.5 Å². The van der Waals surface area contributed by atoms with E-state index in [2.05, 4.69) is 22.4 Å². The Balaban J connectivity index is 2.53. The lowest BCUT2D eigenvalue weighted by Crippen LogP contribution is -2.21. The molecule has 0 saturated heterocycles. The number of nitrogens with one attached hydrogen (secondary N) is 2. The summed E-state index contributed by atoms with van der Waals surface area (Å²) in [6.45, 7) is 2.06. The Morgan fingerprint density at radius 2 is 2.54 bits per heavy atom. The van der Waals surface area contributed by atoms with Crippen molar-refractivity contribution >= 4 is 11.7 Å². The van der Waals surface area contributed by atoms with E-state index in [4.69, 9.17) is 5.73 Å². The van der Waals surface area contributed by atoms with Gasteiger partial charge in [0.15, 0.2) is 5.82 Å². The number of hydrogen-bond donors (Lipinski definition) is 3. The number of aromatic amines is 1. The Morgan fingerprint density at radius 1 is 1.77 bits per heavy atom. The Hall–Kier alpha value is -1.36. The Kier molecular flexibility index (Phi) is 3.45. The van der Waals surface area contributed by atoms with E-state index in [9.17, 15) is 4.79 Å². The molecule has 5 heteroatoms. The number of hydrogen-bond acceptors (Lipinski definition) is 3. The molecule has 0 unspecified atom stereocenters. The second-order valence-corrected chi connectivity index (χ2v) is 2.78. The number of rotatable bonds is 4. The van der Waals surface area contributed by atoms with Gasteiger partial charge in [-0.1, -0.05) is 13.3 Å². The molecule has 13 heavy (non-hydrogen) atoms. The van der Waals surface area contributed by atoms with Crippen LogP contribution < -0.4 is 11.1 Å². The molecule has 0 bridgehead atoms. The van der Waals surface area contributed by atoms with Crippen molar-refractivity contribution in [2.75, 3.05) is 11.9 Å². The van der Waals surface area contributed by atoms with Gasteiger partial charge in [0.2, 0.25) is 5.91 Å². The van der Waals surface area contributed by atoms with Crippen LogP contribution in [0.15, 0.2) is 6.07 Å². The molecule has 0 fully saturated rings. The van der Waals surface area contributed by atoms with Crippen molar-refractivity contribution in [1.82, 2.24) is 10.2 Å². The van der Waals surface area contributed by atoms with Crippen LogP contribution in [0, 0.1) is 0 Å². The number of nitrogens with two attached hydrogens (primary N) is 1. The zero-order valence-corrected chi connectivity index (χ0v) is 7.63. The van der Waals surface area contributed by atoms with Crippen LogP contribution in [-0.4, -0.2) is 22.6 Å². The fraction of sp³-hybridized carbons (Fsp3) is 0.500. The van der Waals surface area contributed by atoms with Crippen molar-refractivity contribution < 1.29 is 4.79 Å². The first kappa shape index (κ1) is 9.73. The fourth-order valence-electron chi connectivity index (χ4n) is 1.02. The van der Waals surface area contributed by atoms with Gasteiger partial charge in [-0.15, -0.1) is 0 Å². The van der Waals surface area contributed by atoms with Gasteiger partial charge in [0.25, 0.3) is 0 Å². The highest BCUT2D eigenvalue weighted by atomic mass is 16.1. The number of H-pyrrole nitrogens is 1. The molecule has 0 aliphatic carbocycles. The summed E-state index contributed by atoms with van der Waals surface area (Å²) in [5.41, 5.74) is 6.16. The van der Waals surface area contributed by atoms with Gasteiger partial charge >= 0.3 is 0 Å². The SMILES string of the molecule is CCCc1cc(NC(=O)CN)n[nH]1. The highest BCUT2D eigenvalue weighted by molar-refractivity contribution is 5.91. The van der Waals surface area contributed by atoms with E-state index in [1.807, 2.05) is 6.07 Å². The maximum Gasteiger partial charge on any atom is 0.239 e. The summed E-state index contributed by atoms with van der Waals surface area (Å²) in [4.78, 5) is 10.9. The first-order valence-electron chi connectivity index (χ1n) is 4.30. The van der Waals surface area contributed by atoms with Crippen molar-refractivity contribution in [3.05, 3.63) is 11.8 Å². The lowest BCUT2D eigenvalue weighted by Gasteiger charge is -1.95. The monoisotopic (exact) mass is 182 g/mol. The Bertz CT molecular complexity index is 281. The number of carbonyl (C=O) groups is 1. The van der Waals surface area contributed by atoms with Crippen LogP contribution in [0.25, 0.3) is 0 Å². The molecule has 1 amide bonds. The van der Waals surface area contributed by atoms with Crippen LogP contribution in [0.1, 0.15) is 19.0 Å².